The molecule has 0 aromatic carbocycles. The summed E-state index contributed by atoms with van der Waals surface area (Å²) in [5.74, 6) is 0. The fraction of sp³-hybridized carbons (Fsp3) is 0.400. The smallest absolute Gasteiger partial charge is 0.170 e. The van der Waals surface area contributed by atoms with Gasteiger partial charge in [-0.15, -0.1) is 0 Å². The number of pyridine rings is 2. The Bertz CT molecular complexity index is 1060. The van der Waals surface area contributed by atoms with Crippen LogP contribution >= 0.6 is 12.2 Å². The van der Waals surface area contributed by atoms with E-state index in [0.29, 0.717) is 12.6 Å². The third-order valence-corrected chi connectivity index (χ3v) is 7.14. The largest absolute Gasteiger partial charge is 0.352 e. The van der Waals surface area contributed by atoms with Crippen LogP contribution in [-0.4, -0.2) is 24.5 Å². The second kappa shape index (κ2) is 8.42. The molecule has 0 radical (unpaired) electrons. The van der Waals surface area contributed by atoms with Crippen LogP contribution in [-0.2, 0) is 6.54 Å². The summed E-state index contributed by atoms with van der Waals surface area (Å²) in [6.07, 6.45) is 8.92. The second-order valence-electron chi connectivity index (χ2n) is 8.71. The molecule has 3 aromatic rings. The molecule has 5 nitrogen and oxygen atoms in total. The molecule has 2 fully saturated rings. The van der Waals surface area contributed by atoms with Crippen molar-refractivity contribution in [1.82, 2.24) is 24.8 Å². The number of hydrogen-bond donors (Lipinski definition) is 1. The number of thiocarbonyl (C=S) groups is 1. The van der Waals surface area contributed by atoms with Crippen LogP contribution in [0.25, 0.3) is 0 Å². The zero-order valence-electron chi connectivity index (χ0n) is 18.2. The van der Waals surface area contributed by atoms with E-state index in [1.54, 1.807) is 0 Å². The molecule has 1 saturated carbocycles. The van der Waals surface area contributed by atoms with Gasteiger partial charge in [0, 0.05) is 29.8 Å². The van der Waals surface area contributed by atoms with Crippen molar-refractivity contribution in [3.8, 4) is 0 Å². The van der Waals surface area contributed by atoms with Crippen molar-refractivity contribution in [2.75, 3.05) is 0 Å². The average Bonchev–Trinajstić information content (AvgIpc) is 3.49. The van der Waals surface area contributed by atoms with Gasteiger partial charge in [0.2, 0.25) is 0 Å². The van der Waals surface area contributed by atoms with Crippen LogP contribution in [0.2, 0.25) is 0 Å². The monoisotopic (exact) mass is 431 g/mol. The number of rotatable bonds is 5. The fourth-order valence-corrected chi connectivity index (χ4v) is 5.71. The first-order valence-electron chi connectivity index (χ1n) is 11.2. The van der Waals surface area contributed by atoms with Crippen LogP contribution < -0.4 is 5.32 Å². The summed E-state index contributed by atoms with van der Waals surface area (Å²) in [5, 5.41) is 4.33. The van der Waals surface area contributed by atoms with E-state index in [1.807, 2.05) is 36.7 Å². The van der Waals surface area contributed by atoms with Gasteiger partial charge in [0.15, 0.2) is 5.11 Å². The van der Waals surface area contributed by atoms with E-state index in [4.69, 9.17) is 12.2 Å². The van der Waals surface area contributed by atoms with Crippen LogP contribution in [0.3, 0.4) is 0 Å². The Labute approximate surface area is 189 Å². The normalized spacial score (nSPS) is 21.6. The van der Waals surface area contributed by atoms with Crippen LogP contribution in [0.4, 0.5) is 0 Å². The Morgan fingerprint density at radius 3 is 2.45 bits per heavy atom. The van der Waals surface area contributed by atoms with Gasteiger partial charge >= 0.3 is 0 Å². The predicted octanol–water partition coefficient (Wildman–Crippen LogP) is 5.18. The van der Waals surface area contributed by atoms with Gasteiger partial charge in [0.1, 0.15) is 0 Å². The maximum absolute atomic E-state index is 5.84. The van der Waals surface area contributed by atoms with Gasteiger partial charge in [-0.25, -0.2) is 0 Å². The molecule has 0 spiro atoms. The lowest BCUT2D eigenvalue weighted by Gasteiger charge is -2.28. The minimum absolute atomic E-state index is 0.00920. The minimum Gasteiger partial charge on any atom is -0.352 e. The Morgan fingerprint density at radius 2 is 1.77 bits per heavy atom. The lowest BCUT2D eigenvalue weighted by atomic mass is 9.96. The number of nitrogens with zero attached hydrogens (tertiary/aromatic N) is 4. The van der Waals surface area contributed by atoms with Crippen molar-refractivity contribution in [1.29, 1.82) is 0 Å². The van der Waals surface area contributed by atoms with E-state index in [9.17, 15) is 0 Å². The molecule has 5 rings (SSSR count). The van der Waals surface area contributed by atoms with Crippen molar-refractivity contribution in [2.45, 2.75) is 64.2 Å². The molecule has 1 N–H and O–H groups in total. The molecule has 0 bridgehead atoms. The second-order valence-corrected chi connectivity index (χ2v) is 9.10. The van der Waals surface area contributed by atoms with Crippen LogP contribution in [0.5, 0.6) is 0 Å². The molecule has 31 heavy (non-hydrogen) atoms. The summed E-state index contributed by atoms with van der Waals surface area (Å²) >= 11 is 5.84. The summed E-state index contributed by atoms with van der Waals surface area (Å²) in [4.78, 5) is 11.5. The lowest BCUT2D eigenvalue weighted by Crippen LogP contribution is -2.29. The fourth-order valence-electron chi connectivity index (χ4n) is 5.41. The molecule has 4 heterocycles. The zero-order chi connectivity index (χ0) is 21.4. The Balaban J connectivity index is 1.58. The van der Waals surface area contributed by atoms with Crippen LogP contribution in [0.1, 0.15) is 72.1 Å². The quantitative estimate of drug-likeness (QED) is 0.564. The first-order chi connectivity index (χ1) is 15.1. The highest BCUT2D eigenvalue weighted by Crippen LogP contribution is 2.43. The lowest BCUT2D eigenvalue weighted by molar-refractivity contribution is 0.306. The third-order valence-electron chi connectivity index (χ3n) is 6.79. The van der Waals surface area contributed by atoms with Gasteiger partial charge in [-0.1, -0.05) is 25.0 Å². The summed E-state index contributed by atoms with van der Waals surface area (Å²) < 4.78 is 2.57. The summed E-state index contributed by atoms with van der Waals surface area (Å²) in [7, 11) is 0. The number of aryl methyl sites for hydroxylation is 1. The molecule has 0 unspecified atom stereocenters. The van der Waals surface area contributed by atoms with Crippen molar-refractivity contribution >= 4 is 17.3 Å². The maximum atomic E-state index is 5.84. The molecule has 0 amide bonds. The van der Waals surface area contributed by atoms with Crippen LogP contribution in [0.15, 0.2) is 54.9 Å². The summed E-state index contributed by atoms with van der Waals surface area (Å²) in [6, 6.07) is 15.2. The van der Waals surface area contributed by atoms with E-state index < -0.39 is 0 Å². The van der Waals surface area contributed by atoms with Gasteiger partial charge in [0.25, 0.3) is 0 Å². The highest BCUT2D eigenvalue weighted by atomic mass is 32.1. The molecule has 160 valence electrons. The van der Waals surface area contributed by atoms with Crippen molar-refractivity contribution < 1.29 is 0 Å². The highest BCUT2D eigenvalue weighted by molar-refractivity contribution is 7.80. The van der Waals surface area contributed by atoms with Crippen molar-refractivity contribution in [3.63, 3.8) is 0 Å². The van der Waals surface area contributed by atoms with Gasteiger partial charge in [0.05, 0.1) is 30.0 Å². The topological polar surface area (TPSA) is 46.0 Å². The third kappa shape index (κ3) is 3.74. The first-order valence-corrected chi connectivity index (χ1v) is 11.6. The SMILES string of the molecule is Cc1cc([C@@H]2[C@@H](c3ccccn3)NC(=S)N2Cc2ccccn2)c(C)n1C1CCCC1. The summed E-state index contributed by atoms with van der Waals surface area (Å²) in [6.45, 7) is 5.19. The molecule has 1 aliphatic carbocycles. The Hall–Kier alpha value is -2.73. The first kappa shape index (κ1) is 20.2. The summed E-state index contributed by atoms with van der Waals surface area (Å²) in [5.41, 5.74) is 6.07. The highest BCUT2D eigenvalue weighted by Gasteiger charge is 2.41. The number of nitrogens with one attached hydrogen (secondary N) is 1. The van der Waals surface area contributed by atoms with E-state index in [-0.39, 0.29) is 12.1 Å². The van der Waals surface area contributed by atoms with Crippen molar-refractivity contribution in [3.05, 3.63) is 83.2 Å². The Morgan fingerprint density at radius 1 is 1.03 bits per heavy atom. The minimum atomic E-state index is 0.00920. The van der Waals surface area contributed by atoms with E-state index in [0.717, 1.165) is 16.5 Å². The molecule has 3 aromatic heterocycles. The predicted molar refractivity (Wildman–Crippen MR) is 127 cm³/mol. The standard InChI is InChI=1S/C25H29N5S/c1-17-15-21(18(2)30(17)20-10-3-4-11-20)24-23(22-12-6-8-14-27-22)28-25(31)29(24)16-19-9-5-7-13-26-19/h5-9,12-15,20,23-24H,3-4,10-11,16H2,1-2H3,(H,28,31)/t23-,24-/m1/s1. The van der Waals surface area contributed by atoms with Gasteiger partial charge in [-0.3, -0.25) is 9.97 Å². The Kier molecular flexibility index (Phi) is 5.48. The average molecular weight is 432 g/mol. The molecular formula is C25H29N5S. The molecule has 1 aliphatic heterocycles. The molecule has 6 heteroatoms. The van der Waals surface area contributed by atoms with E-state index in [2.05, 4.69) is 56.8 Å². The van der Waals surface area contributed by atoms with Crippen LogP contribution in [0, 0.1) is 13.8 Å². The van der Waals surface area contributed by atoms with E-state index in [1.165, 1.54) is 42.6 Å². The molecule has 1 saturated heterocycles. The molecular weight excluding hydrogens is 402 g/mol. The number of hydrogen-bond acceptors (Lipinski definition) is 3. The van der Waals surface area contributed by atoms with Gasteiger partial charge in [-0.05, 0) is 74.8 Å². The molecule has 2 atom stereocenters. The maximum Gasteiger partial charge on any atom is 0.170 e. The molecule has 2 aliphatic rings. The van der Waals surface area contributed by atoms with E-state index >= 15 is 0 Å². The zero-order valence-corrected chi connectivity index (χ0v) is 19.0. The number of aromatic nitrogens is 3. The van der Waals surface area contributed by atoms with Crippen molar-refractivity contribution in [2.24, 2.45) is 0 Å². The van der Waals surface area contributed by atoms with Gasteiger partial charge in [-0.2, -0.15) is 0 Å². The van der Waals surface area contributed by atoms with Gasteiger partial charge < -0.3 is 14.8 Å².